The normalized spacial score (nSPS) is 10.4. The summed E-state index contributed by atoms with van der Waals surface area (Å²) < 4.78 is 0. The average molecular weight is 230 g/mol. The molecule has 0 aliphatic heterocycles. The lowest BCUT2D eigenvalue weighted by atomic mass is 10.1. The lowest BCUT2D eigenvalue weighted by Gasteiger charge is -2.30. The van der Waals surface area contributed by atoms with Gasteiger partial charge in [0.15, 0.2) is 0 Å². The van der Waals surface area contributed by atoms with Gasteiger partial charge < -0.3 is 4.90 Å². The molecule has 1 amide bonds. The van der Waals surface area contributed by atoms with Gasteiger partial charge in [-0.05, 0) is 52.0 Å². The summed E-state index contributed by atoms with van der Waals surface area (Å²) in [7, 11) is 0. The van der Waals surface area contributed by atoms with E-state index in [9.17, 15) is 4.79 Å². The molecule has 0 unspecified atom stereocenters. The summed E-state index contributed by atoms with van der Waals surface area (Å²) in [5.74, 6) is 0.0134. The fraction of sp³-hybridized carbons (Fsp3) is 0.429. The molecule has 0 radical (unpaired) electrons. The highest BCUT2D eigenvalue weighted by molar-refractivity contribution is 5.94. The van der Waals surface area contributed by atoms with Gasteiger partial charge in [0, 0.05) is 17.6 Å². The lowest BCUT2D eigenvalue weighted by Crippen LogP contribution is -2.42. The van der Waals surface area contributed by atoms with Crippen molar-refractivity contribution in [2.24, 2.45) is 0 Å². The molecule has 0 atom stereocenters. The largest absolute Gasteiger partial charge is 0.334 e. The van der Waals surface area contributed by atoms with E-state index in [1.165, 1.54) is 0 Å². The second-order valence-corrected chi connectivity index (χ2v) is 4.59. The number of carbonyl (C=O) groups is 1. The Bertz CT molecular complexity index is 419. The molecule has 0 N–H and O–H groups in total. The first-order valence-electron chi connectivity index (χ1n) is 5.80. The summed E-state index contributed by atoms with van der Waals surface area (Å²) in [5.41, 5.74) is 1.20. The first-order valence-corrected chi connectivity index (χ1v) is 5.80. The summed E-state index contributed by atoms with van der Waals surface area (Å²) >= 11 is 0. The third kappa shape index (κ3) is 3.07. The Morgan fingerprint density at radius 1 is 1.12 bits per heavy atom. The molecular formula is C14H18N2O. The highest BCUT2D eigenvalue weighted by Crippen LogP contribution is 2.13. The van der Waals surface area contributed by atoms with Crippen molar-refractivity contribution in [1.82, 2.24) is 4.90 Å². The van der Waals surface area contributed by atoms with Gasteiger partial charge in [0.05, 0.1) is 11.6 Å². The van der Waals surface area contributed by atoms with Crippen molar-refractivity contribution in [2.45, 2.75) is 39.8 Å². The number of hydrogen-bond acceptors (Lipinski definition) is 2. The number of nitrogens with zero attached hydrogens (tertiary/aromatic N) is 2. The predicted octanol–water partition coefficient (Wildman–Crippen LogP) is 2.82. The molecule has 1 aromatic rings. The van der Waals surface area contributed by atoms with Gasteiger partial charge in [-0.25, -0.2) is 0 Å². The van der Waals surface area contributed by atoms with Crippen LogP contribution in [0.25, 0.3) is 0 Å². The van der Waals surface area contributed by atoms with Crippen LogP contribution in [0.1, 0.15) is 43.6 Å². The fourth-order valence-corrected chi connectivity index (χ4v) is 1.90. The van der Waals surface area contributed by atoms with Crippen LogP contribution in [0, 0.1) is 11.3 Å². The molecule has 1 rings (SSSR count). The first-order chi connectivity index (χ1) is 7.97. The van der Waals surface area contributed by atoms with Crippen LogP contribution in [0.5, 0.6) is 0 Å². The van der Waals surface area contributed by atoms with E-state index < -0.39 is 0 Å². The van der Waals surface area contributed by atoms with E-state index in [1.54, 1.807) is 24.3 Å². The van der Waals surface area contributed by atoms with Crippen LogP contribution in [-0.2, 0) is 0 Å². The van der Waals surface area contributed by atoms with E-state index in [4.69, 9.17) is 5.26 Å². The van der Waals surface area contributed by atoms with Gasteiger partial charge in [0.1, 0.15) is 0 Å². The second kappa shape index (κ2) is 5.49. The number of carbonyl (C=O) groups excluding carboxylic acids is 1. The van der Waals surface area contributed by atoms with Gasteiger partial charge in [-0.2, -0.15) is 5.26 Å². The van der Waals surface area contributed by atoms with Gasteiger partial charge in [0.2, 0.25) is 0 Å². The van der Waals surface area contributed by atoms with Gasteiger partial charge in [0.25, 0.3) is 5.91 Å². The minimum atomic E-state index is 0.0134. The quantitative estimate of drug-likeness (QED) is 0.801. The Morgan fingerprint density at radius 2 is 1.59 bits per heavy atom. The molecule has 0 aromatic heterocycles. The molecule has 1 aromatic carbocycles. The SMILES string of the molecule is CC(C)N(C(=O)c1ccc(C#N)cc1)C(C)C. The van der Waals surface area contributed by atoms with E-state index >= 15 is 0 Å². The Balaban J connectivity index is 2.98. The van der Waals surface area contributed by atoms with Crippen LogP contribution >= 0.6 is 0 Å². The number of rotatable bonds is 3. The monoisotopic (exact) mass is 230 g/mol. The van der Waals surface area contributed by atoms with Crippen molar-refractivity contribution in [3.05, 3.63) is 35.4 Å². The minimum absolute atomic E-state index is 0.0134. The standard InChI is InChI=1S/C14H18N2O/c1-10(2)16(11(3)4)14(17)13-7-5-12(9-15)6-8-13/h5-8,10-11H,1-4H3. The van der Waals surface area contributed by atoms with Crippen LogP contribution < -0.4 is 0 Å². The molecule has 0 aliphatic rings. The molecule has 0 saturated heterocycles. The molecule has 0 fully saturated rings. The van der Waals surface area contributed by atoms with Crippen LogP contribution in [0.4, 0.5) is 0 Å². The van der Waals surface area contributed by atoms with Gasteiger partial charge in [-0.3, -0.25) is 4.79 Å². The molecular weight excluding hydrogens is 212 g/mol. The molecule has 0 saturated carbocycles. The van der Waals surface area contributed by atoms with E-state index in [0.717, 1.165) is 0 Å². The summed E-state index contributed by atoms with van der Waals surface area (Å²) in [5, 5.41) is 8.71. The third-order valence-corrected chi connectivity index (χ3v) is 2.61. The van der Waals surface area contributed by atoms with Gasteiger partial charge in [-0.15, -0.1) is 0 Å². The van der Waals surface area contributed by atoms with Crippen LogP contribution in [0.15, 0.2) is 24.3 Å². The number of benzene rings is 1. The Labute approximate surface area is 103 Å². The molecule has 17 heavy (non-hydrogen) atoms. The molecule has 3 nitrogen and oxygen atoms in total. The predicted molar refractivity (Wildman–Crippen MR) is 67.6 cm³/mol. The fourth-order valence-electron chi connectivity index (χ4n) is 1.90. The maximum Gasteiger partial charge on any atom is 0.254 e. The molecule has 0 aliphatic carbocycles. The van der Waals surface area contributed by atoms with Crippen molar-refractivity contribution < 1.29 is 4.79 Å². The summed E-state index contributed by atoms with van der Waals surface area (Å²) in [4.78, 5) is 14.1. The Hall–Kier alpha value is -1.82. The van der Waals surface area contributed by atoms with Crippen molar-refractivity contribution in [2.75, 3.05) is 0 Å². The first kappa shape index (κ1) is 13.2. The van der Waals surface area contributed by atoms with E-state index in [1.807, 2.05) is 38.7 Å². The van der Waals surface area contributed by atoms with Crippen LogP contribution in [0.2, 0.25) is 0 Å². The second-order valence-electron chi connectivity index (χ2n) is 4.59. The zero-order chi connectivity index (χ0) is 13.0. The van der Waals surface area contributed by atoms with Crippen LogP contribution in [-0.4, -0.2) is 22.9 Å². The Kier molecular flexibility index (Phi) is 4.28. The highest BCUT2D eigenvalue weighted by Gasteiger charge is 2.21. The zero-order valence-corrected chi connectivity index (χ0v) is 10.8. The maximum absolute atomic E-state index is 12.3. The van der Waals surface area contributed by atoms with E-state index in [-0.39, 0.29) is 18.0 Å². The molecule has 0 spiro atoms. The molecule has 3 heteroatoms. The van der Waals surface area contributed by atoms with Crippen molar-refractivity contribution in [3.8, 4) is 6.07 Å². The van der Waals surface area contributed by atoms with Gasteiger partial charge >= 0.3 is 0 Å². The lowest BCUT2D eigenvalue weighted by molar-refractivity contribution is 0.0644. The summed E-state index contributed by atoms with van der Waals surface area (Å²) in [6.07, 6.45) is 0. The Morgan fingerprint density at radius 3 is 1.94 bits per heavy atom. The molecule has 0 heterocycles. The zero-order valence-electron chi connectivity index (χ0n) is 10.8. The molecule has 0 bridgehead atoms. The topological polar surface area (TPSA) is 44.1 Å². The summed E-state index contributed by atoms with van der Waals surface area (Å²) in [6.45, 7) is 8.01. The number of nitriles is 1. The summed E-state index contributed by atoms with van der Waals surface area (Å²) in [6, 6.07) is 9.13. The third-order valence-electron chi connectivity index (χ3n) is 2.61. The highest BCUT2D eigenvalue weighted by atomic mass is 16.2. The van der Waals surface area contributed by atoms with Crippen molar-refractivity contribution in [1.29, 1.82) is 5.26 Å². The van der Waals surface area contributed by atoms with E-state index in [2.05, 4.69) is 0 Å². The number of hydrogen-bond donors (Lipinski definition) is 0. The van der Waals surface area contributed by atoms with Crippen molar-refractivity contribution >= 4 is 5.91 Å². The average Bonchev–Trinajstić information content (AvgIpc) is 2.28. The number of amides is 1. The maximum atomic E-state index is 12.3. The minimum Gasteiger partial charge on any atom is -0.334 e. The molecule has 90 valence electrons. The van der Waals surface area contributed by atoms with Crippen molar-refractivity contribution in [3.63, 3.8) is 0 Å². The van der Waals surface area contributed by atoms with Crippen LogP contribution in [0.3, 0.4) is 0 Å². The van der Waals surface area contributed by atoms with E-state index in [0.29, 0.717) is 11.1 Å². The smallest absolute Gasteiger partial charge is 0.254 e. The van der Waals surface area contributed by atoms with Gasteiger partial charge in [-0.1, -0.05) is 0 Å².